The van der Waals surface area contributed by atoms with Crippen molar-refractivity contribution in [3.8, 4) is 17.2 Å². The second-order valence-electron chi connectivity index (χ2n) is 6.81. The number of aryl methyl sites for hydroxylation is 1. The number of rotatable bonds is 8. The van der Waals surface area contributed by atoms with Crippen LogP contribution >= 0.6 is 0 Å². The van der Waals surface area contributed by atoms with Crippen molar-refractivity contribution in [2.75, 3.05) is 19.0 Å². The molecule has 8 nitrogen and oxygen atoms in total. The summed E-state index contributed by atoms with van der Waals surface area (Å²) in [6.45, 7) is 1.73. The standard InChI is InChI=1S/C24H23N3O5/c1-16-6-3-4-9-20(16)26-23(29)15-32-21-11-10-17(12-22(21)31-2)14-25-27-24(30)18-7-5-8-19(28)13-18/h3-14,28H,15H2,1-2H3,(H,26,29)(H,27,30)/b25-14+. The Balaban J connectivity index is 1.58. The summed E-state index contributed by atoms with van der Waals surface area (Å²) >= 11 is 0. The SMILES string of the molecule is COc1cc(/C=N/NC(=O)c2cccc(O)c2)ccc1OCC(=O)Nc1ccccc1C. The van der Waals surface area contributed by atoms with E-state index in [1.165, 1.54) is 25.5 Å². The molecule has 3 aromatic rings. The third-order valence-electron chi connectivity index (χ3n) is 4.45. The van der Waals surface area contributed by atoms with E-state index in [0.717, 1.165) is 11.3 Å². The van der Waals surface area contributed by atoms with Gasteiger partial charge in [-0.05, 0) is 60.5 Å². The molecule has 0 radical (unpaired) electrons. The van der Waals surface area contributed by atoms with Crippen LogP contribution in [0.5, 0.6) is 17.2 Å². The Bertz CT molecular complexity index is 1140. The van der Waals surface area contributed by atoms with Gasteiger partial charge in [0.05, 0.1) is 13.3 Å². The van der Waals surface area contributed by atoms with Gasteiger partial charge in [-0.1, -0.05) is 24.3 Å². The molecule has 0 fully saturated rings. The summed E-state index contributed by atoms with van der Waals surface area (Å²) in [6.07, 6.45) is 1.44. The van der Waals surface area contributed by atoms with E-state index in [4.69, 9.17) is 9.47 Å². The average Bonchev–Trinajstić information content (AvgIpc) is 2.79. The fourth-order valence-electron chi connectivity index (χ4n) is 2.80. The van der Waals surface area contributed by atoms with Gasteiger partial charge in [-0.15, -0.1) is 0 Å². The van der Waals surface area contributed by atoms with Gasteiger partial charge in [-0.3, -0.25) is 9.59 Å². The zero-order valence-corrected chi connectivity index (χ0v) is 17.7. The van der Waals surface area contributed by atoms with Gasteiger partial charge in [0.2, 0.25) is 0 Å². The number of aromatic hydroxyl groups is 1. The second kappa shape index (κ2) is 10.6. The van der Waals surface area contributed by atoms with Crippen LogP contribution in [0.15, 0.2) is 71.8 Å². The van der Waals surface area contributed by atoms with E-state index in [2.05, 4.69) is 15.8 Å². The largest absolute Gasteiger partial charge is 0.508 e. The fourth-order valence-corrected chi connectivity index (χ4v) is 2.80. The molecule has 2 amide bonds. The number of nitrogens with one attached hydrogen (secondary N) is 2. The number of amides is 2. The smallest absolute Gasteiger partial charge is 0.271 e. The molecule has 0 aliphatic rings. The van der Waals surface area contributed by atoms with Crippen molar-refractivity contribution in [2.45, 2.75) is 6.92 Å². The van der Waals surface area contributed by atoms with Crippen LogP contribution in [-0.4, -0.2) is 36.9 Å². The number of anilines is 1. The first kappa shape index (κ1) is 22.4. The topological polar surface area (TPSA) is 109 Å². The predicted molar refractivity (Wildman–Crippen MR) is 121 cm³/mol. The number of phenols is 1. The lowest BCUT2D eigenvalue weighted by atomic mass is 10.2. The summed E-state index contributed by atoms with van der Waals surface area (Å²) in [6, 6.07) is 18.4. The van der Waals surface area contributed by atoms with Crippen LogP contribution in [0.4, 0.5) is 5.69 Å². The summed E-state index contributed by atoms with van der Waals surface area (Å²) in [5.74, 6) is 0.0604. The molecule has 3 N–H and O–H groups in total. The minimum Gasteiger partial charge on any atom is -0.508 e. The van der Waals surface area contributed by atoms with Crippen LogP contribution in [0, 0.1) is 6.92 Å². The molecule has 0 saturated carbocycles. The van der Waals surface area contributed by atoms with Crippen molar-refractivity contribution in [3.63, 3.8) is 0 Å². The van der Waals surface area contributed by atoms with Gasteiger partial charge in [0.25, 0.3) is 11.8 Å². The van der Waals surface area contributed by atoms with Crippen LogP contribution in [0.25, 0.3) is 0 Å². The molecule has 32 heavy (non-hydrogen) atoms. The third-order valence-corrected chi connectivity index (χ3v) is 4.45. The maximum atomic E-state index is 12.2. The van der Waals surface area contributed by atoms with E-state index in [1.807, 2.05) is 31.2 Å². The molecule has 164 valence electrons. The lowest BCUT2D eigenvalue weighted by molar-refractivity contribution is -0.118. The summed E-state index contributed by atoms with van der Waals surface area (Å²) < 4.78 is 10.9. The molecule has 0 aromatic heterocycles. The van der Waals surface area contributed by atoms with E-state index in [-0.39, 0.29) is 23.8 Å². The Morgan fingerprint density at radius 2 is 1.84 bits per heavy atom. The zero-order valence-electron chi connectivity index (χ0n) is 17.7. The van der Waals surface area contributed by atoms with Crippen LogP contribution in [-0.2, 0) is 4.79 Å². The number of nitrogens with zero attached hydrogens (tertiary/aromatic N) is 1. The van der Waals surface area contributed by atoms with Crippen molar-refractivity contribution in [1.29, 1.82) is 0 Å². The maximum absolute atomic E-state index is 12.2. The molecule has 0 spiro atoms. The number of hydrogen-bond acceptors (Lipinski definition) is 6. The molecule has 3 aromatic carbocycles. The van der Waals surface area contributed by atoms with E-state index in [1.54, 1.807) is 30.3 Å². The van der Waals surface area contributed by atoms with E-state index < -0.39 is 5.91 Å². The van der Waals surface area contributed by atoms with Gasteiger partial charge in [0, 0.05) is 11.3 Å². The van der Waals surface area contributed by atoms with Crippen molar-refractivity contribution >= 4 is 23.7 Å². The highest BCUT2D eigenvalue weighted by molar-refractivity contribution is 5.95. The lowest BCUT2D eigenvalue weighted by Gasteiger charge is -2.12. The van der Waals surface area contributed by atoms with Gasteiger partial charge < -0.3 is 19.9 Å². The zero-order chi connectivity index (χ0) is 22.9. The Labute approximate surface area is 185 Å². The molecule has 0 bridgehead atoms. The average molecular weight is 433 g/mol. The molecule has 0 saturated heterocycles. The number of hydrazone groups is 1. The molecule has 0 aliphatic carbocycles. The van der Waals surface area contributed by atoms with Gasteiger partial charge in [-0.2, -0.15) is 5.10 Å². The van der Waals surface area contributed by atoms with E-state index in [9.17, 15) is 14.7 Å². The summed E-state index contributed by atoms with van der Waals surface area (Å²) in [5.41, 5.74) is 5.01. The number of para-hydroxylation sites is 1. The van der Waals surface area contributed by atoms with Gasteiger partial charge in [0.15, 0.2) is 18.1 Å². The summed E-state index contributed by atoms with van der Waals surface area (Å²) in [5, 5.41) is 16.2. The first-order valence-corrected chi connectivity index (χ1v) is 9.75. The lowest BCUT2D eigenvalue weighted by Crippen LogP contribution is -2.20. The summed E-state index contributed by atoms with van der Waals surface area (Å²) in [4.78, 5) is 24.2. The van der Waals surface area contributed by atoms with Gasteiger partial charge >= 0.3 is 0 Å². The first-order chi connectivity index (χ1) is 15.5. The number of methoxy groups -OCH3 is 1. The molecule has 8 heteroatoms. The van der Waals surface area contributed by atoms with Gasteiger partial charge in [-0.25, -0.2) is 5.43 Å². The van der Waals surface area contributed by atoms with Gasteiger partial charge in [0.1, 0.15) is 5.75 Å². The van der Waals surface area contributed by atoms with E-state index >= 15 is 0 Å². The molecule has 0 atom stereocenters. The highest BCUT2D eigenvalue weighted by atomic mass is 16.5. The van der Waals surface area contributed by atoms with Crippen molar-refractivity contribution in [2.24, 2.45) is 5.10 Å². The Kier molecular flexibility index (Phi) is 7.42. The molecule has 3 rings (SSSR count). The maximum Gasteiger partial charge on any atom is 0.271 e. The number of ether oxygens (including phenoxy) is 2. The van der Waals surface area contributed by atoms with Crippen LogP contribution in [0.1, 0.15) is 21.5 Å². The summed E-state index contributed by atoms with van der Waals surface area (Å²) in [7, 11) is 1.49. The van der Waals surface area contributed by atoms with Crippen molar-refractivity contribution in [3.05, 3.63) is 83.4 Å². The first-order valence-electron chi connectivity index (χ1n) is 9.75. The third kappa shape index (κ3) is 6.09. The minimum absolute atomic E-state index is 0.00506. The van der Waals surface area contributed by atoms with Crippen molar-refractivity contribution in [1.82, 2.24) is 5.43 Å². The van der Waals surface area contributed by atoms with Crippen molar-refractivity contribution < 1.29 is 24.2 Å². The fraction of sp³-hybridized carbons (Fsp3) is 0.125. The quantitative estimate of drug-likeness (QED) is 0.372. The highest BCUT2D eigenvalue weighted by Crippen LogP contribution is 2.27. The molecular formula is C24H23N3O5. The Morgan fingerprint density at radius 1 is 1.03 bits per heavy atom. The number of carbonyl (C=O) groups excluding carboxylic acids is 2. The van der Waals surface area contributed by atoms with Crippen LogP contribution in [0.3, 0.4) is 0 Å². The number of phenolic OH excluding ortho intramolecular Hbond substituents is 1. The second-order valence-corrected chi connectivity index (χ2v) is 6.81. The van der Waals surface area contributed by atoms with E-state index in [0.29, 0.717) is 17.1 Å². The number of carbonyl (C=O) groups is 2. The number of benzene rings is 3. The molecule has 0 unspecified atom stereocenters. The van der Waals surface area contributed by atoms with Crippen LogP contribution < -0.4 is 20.2 Å². The predicted octanol–water partition coefficient (Wildman–Crippen LogP) is 3.49. The Morgan fingerprint density at radius 3 is 2.59 bits per heavy atom. The number of hydrogen-bond donors (Lipinski definition) is 3. The highest BCUT2D eigenvalue weighted by Gasteiger charge is 2.10. The Hall–Kier alpha value is -4.33. The minimum atomic E-state index is -0.455. The molecule has 0 aliphatic heterocycles. The van der Waals surface area contributed by atoms with Crippen LogP contribution in [0.2, 0.25) is 0 Å². The normalized spacial score (nSPS) is 10.6. The molecular weight excluding hydrogens is 410 g/mol. The molecule has 0 heterocycles. The monoisotopic (exact) mass is 433 g/mol.